The Labute approximate surface area is 468 Å². The van der Waals surface area contributed by atoms with Crippen LogP contribution in [0.4, 0.5) is 9.59 Å². The van der Waals surface area contributed by atoms with Gasteiger partial charge in [0.05, 0.1) is 118 Å². The lowest BCUT2D eigenvalue weighted by molar-refractivity contribution is -0.150. The first-order chi connectivity index (χ1) is 39.2. The van der Waals surface area contributed by atoms with Crippen LogP contribution in [0.1, 0.15) is 86.8 Å². The number of rotatable bonds is 30. The number of ketones is 2. The highest BCUT2D eigenvalue weighted by molar-refractivity contribution is 6.42. The number of urea groups is 2. The number of carbonyl (C=O) groups excluding carboxylic acids is 6. The number of aromatic nitrogens is 5. The Kier molecular flexibility index (Phi) is 22.6. The van der Waals surface area contributed by atoms with E-state index in [0.29, 0.717) is 135 Å². The van der Waals surface area contributed by atoms with Gasteiger partial charge in [0.1, 0.15) is 13.2 Å². The summed E-state index contributed by atoms with van der Waals surface area (Å²) < 4.78 is 45.4. The number of fused-ring (bicyclic) bond motifs is 7. The van der Waals surface area contributed by atoms with E-state index in [1.165, 1.54) is 0 Å². The Morgan fingerprint density at radius 1 is 0.531 bits per heavy atom. The van der Waals surface area contributed by atoms with Gasteiger partial charge in [0.15, 0.2) is 24.0 Å². The molecule has 7 rings (SSSR count). The zero-order chi connectivity index (χ0) is 58.0. The van der Waals surface area contributed by atoms with Crippen LogP contribution in [0.3, 0.4) is 0 Å². The first-order valence-electron chi connectivity index (χ1n) is 26.9. The summed E-state index contributed by atoms with van der Waals surface area (Å²) in [6.07, 6.45) is 1.88. The number of carbonyl (C=O) groups is 6. The molecule has 6 heterocycles. The number of aromatic amines is 1. The number of H-pyrrole nitrogens is 1. The van der Waals surface area contributed by atoms with Gasteiger partial charge < -0.3 is 63.7 Å². The Morgan fingerprint density at radius 3 is 1.48 bits per heavy atom. The van der Waals surface area contributed by atoms with Gasteiger partial charge in [-0.05, 0) is 97.9 Å². The lowest BCUT2D eigenvalue weighted by Gasteiger charge is -2.27. The molecule has 6 amide bonds. The van der Waals surface area contributed by atoms with E-state index in [9.17, 15) is 39.0 Å². The fourth-order valence-corrected chi connectivity index (χ4v) is 9.33. The second-order valence-electron chi connectivity index (χ2n) is 18.9. The van der Waals surface area contributed by atoms with Gasteiger partial charge in [0.25, 0.3) is 11.6 Å². The van der Waals surface area contributed by atoms with Crippen molar-refractivity contribution >= 4 is 79.8 Å². The number of hydrogen-bond acceptors (Lipinski definition) is 20. The summed E-state index contributed by atoms with van der Waals surface area (Å²) in [5, 5.41) is 24.0. The van der Waals surface area contributed by atoms with Crippen molar-refractivity contribution in [3.63, 3.8) is 0 Å². The van der Waals surface area contributed by atoms with Gasteiger partial charge in [-0.3, -0.25) is 38.9 Å². The molecular formula is C56H71N9O16. The zero-order valence-corrected chi connectivity index (χ0v) is 46.6. The number of nitrogens with zero attached hydrogens (tertiary/aromatic N) is 6. The van der Waals surface area contributed by atoms with Gasteiger partial charge >= 0.3 is 23.9 Å². The standard InChI is InChI=1S/C56H71N9O16/c1-7-35-36(8-2)40-28-42-38(12-10-14-65-54(71)50(67)52(69)63-56(65)73)34(4)46(61-42)32-58-44-30-48(81-26-24-79-22-20-77-18-16-75-6)47(80-25-23-78-21-19-76-17-15-74-5)29-43(44)57-31-45-33(3)37(41(60-45)27-39(35)59-40)11-9-13-64-53(70)49(66)51(68)62-55(64)72/h27-32,51-52,60,68-69H,7-26H2,1-6H3,(H,62,72)(H,63,73). The number of benzene rings is 1. The molecule has 3 aromatic rings. The fraction of sp³-hybridized carbons (Fsp3) is 0.500. The molecule has 436 valence electrons. The van der Waals surface area contributed by atoms with Crippen LogP contribution in [-0.2, 0) is 54.0 Å². The summed E-state index contributed by atoms with van der Waals surface area (Å²) in [6.45, 7) is 11.6. The topological polar surface area (TPSA) is 315 Å². The van der Waals surface area contributed by atoms with Gasteiger partial charge in [0, 0.05) is 45.0 Å². The third-order valence-corrected chi connectivity index (χ3v) is 13.6. The molecule has 4 aliphatic heterocycles. The second-order valence-corrected chi connectivity index (χ2v) is 18.9. The molecule has 0 radical (unpaired) electrons. The van der Waals surface area contributed by atoms with E-state index >= 15 is 0 Å². The lowest BCUT2D eigenvalue weighted by Crippen LogP contribution is -2.60. The molecule has 81 heavy (non-hydrogen) atoms. The number of allylic oxidation sites excluding steroid dienone is 4. The largest absolute Gasteiger partial charge is 0.487 e. The van der Waals surface area contributed by atoms with Gasteiger partial charge in [-0.25, -0.2) is 19.6 Å². The van der Waals surface area contributed by atoms with E-state index in [0.717, 1.165) is 43.2 Å². The van der Waals surface area contributed by atoms with Crippen molar-refractivity contribution in [3.8, 4) is 11.5 Å². The summed E-state index contributed by atoms with van der Waals surface area (Å²) in [5.74, 6) is -3.77. The first-order valence-corrected chi connectivity index (χ1v) is 26.9. The Morgan fingerprint density at radius 2 is 0.975 bits per heavy atom. The summed E-state index contributed by atoms with van der Waals surface area (Å²) >= 11 is 0. The van der Waals surface area contributed by atoms with Crippen molar-refractivity contribution in [1.82, 2.24) is 45.4 Å². The molecule has 2 fully saturated rings. The lowest BCUT2D eigenvalue weighted by atomic mass is 9.98. The van der Waals surface area contributed by atoms with Crippen molar-refractivity contribution in [3.05, 3.63) is 70.6 Å². The highest BCUT2D eigenvalue weighted by atomic mass is 16.6. The highest BCUT2D eigenvalue weighted by Crippen LogP contribution is 2.39. The normalized spacial score (nSPS) is 16.6. The van der Waals surface area contributed by atoms with Gasteiger partial charge in [-0.15, -0.1) is 0 Å². The Balaban J connectivity index is 1.35. The van der Waals surface area contributed by atoms with Crippen LogP contribution in [0.2, 0.25) is 0 Å². The van der Waals surface area contributed by atoms with E-state index < -0.39 is 47.9 Å². The molecule has 2 aromatic heterocycles. The smallest absolute Gasteiger partial charge is 0.326 e. The monoisotopic (exact) mass is 1130 g/mol. The minimum Gasteiger partial charge on any atom is -0.487 e. The predicted molar refractivity (Wildman–Crippen MR) is 294 cm³/mol. The summed E-state index contributed by atoms with van der Waals surface area (Å²) in [4.78, 5) is 101. The van der Waals surface area contributed by atoms with Crippen LogP contribution in [0.25, 0.3) is 44.4 Å². The highest BCUT2D eigenvalue weighted by Gasteiger charge is 2.40. The molecule has 25 heteroatoms. The molecule has 6 bridgehead atoms. The maximum atomic E-state index is 12.8. The van der Waals surface area contributed by atoms with E-state index in [2.05, 4.69) is 15.6 Å². The number of amides is 6. The molecule has 0 saturated carbocycles. The van der Waals surface area contributed by atoms with Crippen LogP contribution >= 0.6 is 0 Å². The first kappa shape index (κ1) is 61.3. The number of aliphatic hydroxyl groups is 2. The number of hydrogen-bond donors (Lipinski definition) is 5. The number of nitrogens with one attached hydrogen (secondary N) is 3. The number of methoxy groups -OCH3 is 2. The third-order valence-electron chi connectivity index (χ3n) is 13.6. The van der Waals surface area contributed by atoms with Gasteiger partial charge in [-0.2, -0.15) is 0 Å². The van der Waals surface area contributed by atoms with E-state index in [1.807, 2.05) is 39.8 Å². The van der Waals surface area contributed by atoms with Crippen LogP contribution in [0, 0.1) is 6.92 Å². The van der Waals surface area contributed by atoms with Crippen molar-refractivity contribution in [2.24, 2.45) is 0 Å². The molecule has 2 unspecified atom stereocenters. The molecule has 0 spiro atoms. The fourth-order valence-electron chi connectivity index (χ4n) is 9.33. The maximum Gasteiger partial charge on any atom is 0.326 e. The summed E-state index contributed by atoms with van der Waals surface area (Å²) in [5.41, 5.74) is 9.69. The maximum absolute atomic E-state index is 12.8. The van der Waals surface area contributed by atoms with Gasteiger partial charge in [0.2, 0.25) is 0 Å². The van der Waals surface area contributed by atoms with E-state index in [-0.39, 0.29) is 52.4 Å². The molecule has 4 aliphatic rings. The molecule has 2 saturated heterocycles. The van der Waals surface area contributed by atoms with Crippen LogP contribution in [0.5, 0.6) is 11.5 Å². The molecule has 5 N–H and O–H groups in total. The minimum absolute atomic E-state index is 0.106. The zero-order valence-electron chi connectivity index (χ0n) is 46.6. The Bertz CT molecular complexity index is 3090. The number of Topliss-reactive ketones (excluding diaryl/α,β-unsaturated/α-hetero) is 2. The number of aliphatic hydroxyl groups excluding tert-OH is 2. The average molecular weight is 1130 g/mol. The average Bonchev–Trinajstić information content (AvgIpc) is 4.31. The van der Waals surface area contributed by atoms with E-state index in [4.69, 9.17) is 57.8 Å². The van der Waals surface area contributed by atoms with Crippen molar-refractivity contribution < 1.29 is 76.9 Å². The minimum atomic E-state index is -1.91. The van der Waals surface area contributed by atoms with Crippen molar-refractivity contribution in [2.45, 2.75) is 78.7 Å². The molecule has 1 aromatic carbocycles. The van der Waals surface area contributed by atoms with Crippen LogP contribution < -0.4 is 20.1 Å². The number of imide groups is 2. The van der Waals surface area contributed by atoms with Crippen molar-refractivity contribution in [2.75, 3.05) is 107 Å². The summed E-state index contributed by atoms with van der Waals surface area (Å²) in [6, 6.07) is 5.54. The molecule has 0 aliphatic carbocycles. The third kappa shape index (κ3) is 15.6. The van der Waals surface area contributed by atoms with Crippen LogP contribution in [-0.4, -0.2) is 199 Å². The number of aryl methyl sites for hydroxylation is 2. The quantitative estimate of drug-likeness (QED) is 0.0465. The van der Waals surface area contributed by atoms with E-state index in [1.54, 1.807) is 38.7 Å². The van der Waals surface area contributed by atoms with Crippen molar-refractivity contribution in [1.29, 1.82) is 0 Å². The van der Waals surface area contributed by atoms with Gasteiger partial charge in [-0.1, -0.05) is 13.8 Å². The summed E-state index contributed by atoms with van der Waals surface area (Å²) in [7, 11) is 3.20. The molecule has 2 atom stereocenters. The molecule has 25 nitrogen and oxygen atoms in total. The second kappa shape index (κ2) is 29.9. The Hall–Kier alpha value is -7.36. The number of ether oxygens (including phenoxy) is 8. The predicted octanol–water partition coefficient (Wildman–Crippen LogP) is 4.02. The molecular weight excluding hydrogens is 1050 g/mol. The van der Waals surface area contributed by atoms with Crippen LogP contribution in [0.15, 0.2) is 36.7 Å². The SMILES string of the molecule is CCC1=C(CC)c2cc3[nH]c(cnc4cc(OCCOCCOCCOC)c(OCCOCCOCCOC)cc4ncc4nc(cc1n2)C(CCCN1C(=O)NC(O)C(=O)C1=O)=C4C)c(C)c3CCCN1C(=O)NC(O)C(=O)C1=O.